The second-order valence-electron chi connectivity index (χ2n) is 4.80. The van der Waals surface area contributed by atoms with Crippen molar-refractivity contribution in [1.82, 2.24) is 19.5 Å². The van der Waals surface area contributed by atoms with Gasteiger partial charge in [-0.3, -0.25) is 9.09 Å². The second kappa shape index (κ2) is 7.09. The quantitative estimate of drug-likeness (QED) is 0.386. The average Bonchev–Trinajstić information content (AvgIpc) is 3.00. The molecule has 3 heterocycles. The number of phosphoric ester groups is 1. The molecule has 13 heteroatoms. The number of imidazole rings is 1. The maximum Gasteiger partial charge on any atom is 0.469 e. The maximum absolute atomic E-state index is 10.7. The Hall–Kier alpha value is -0.620. The fourth-order valence-electron chi connectivity index (χ4n) is 2.29. The molecule has 1 aliphatic heterocycles. The number of phosphoric acid groups is 1. The van der Waals surface area contributed by atoms with E-state index >= 15 is 0 Å². The van der Waals surface area contributed by atoms with Gasteiger partial charge < -0.3 is 25.4 Å². The van der Waals surface area contributed by atoms with E-state index in [1.54, 1.807) is 4.57 Å². The van der Waals surface area contributed by atoms with Crippen LogP contribution in [0.2, 0.25) is 0 Å². The van der Waals surface area contributed by atoms with Crippen molar-refractivity contribution in [3.8, 4) is 0 Å². The molecule has 0 amide bonds. The predicted octanol–water partition coefficient (Wildman–Crippen LogP) is -1.21. The van der Waals surface area contributed by atoms with Crippen LogP contribution in [0, 0.1) is 0 Å². The summed E-state index contributed by atoms with van der Waals surface area (Å²) in [6.07, 6.45) is 0.543. The van der Waals surface area contributed by atoms with Crippen LogP contribution in [-0.2, 0) is 13.8 Å². The molecule has 3 rings (SSSR count). The fourth-order valence-corrected chi connectivity index (χ4v) is 2.63. The van der Waals surface area contributed by atoms with Crippen LogP contribution in [0.5, 0.6) is 0 Å². The minimum absolute atomic E-state index is 0. The third-order valence-electron chi connectivity index (χ3n) is 3.31. The SMILES string of the molecule is Nc1ncnc2c1ncn2C1CC(O)C(COP(=O)(O)O)O1.[Na]. The summed E-state index contributed by atoms with van der Waals surface area (Å²) in [6, 6.07) is 0. The Morgan fingerprint density at radius 2 is 2.17 bits per heavy atom. The van der Waals surface area contributed by atoms with Gasteiger partial charge in [-0.15, -0.1) is 0 Å². The summed E-state index contributed by atoms with van der Waals surface area (Å²) < 4.78 is 22.2. The Labute approximate surface area is 152 Å². The van der Waals surface area contributed by atoms with Gasteiger partial charge >= 0.3 is 7.82 Å². The van der Waals surface area contributed by atoms with Crippen molar-refractivity contribution in [2.24, 2.45) is 0 Å². The van der Waals surface area contributed by atoms with Gasteiger partial charge in [0.2, 0.25) is 0 Å². The molecule has 3 atom stereocenters. The molecule has 5 N–H and O–H groups in total. The second-order valence-corrected chi connectivity index (χ2v) is 6.04. The summed E-state index contributed by atoms with van der Waals surface area (Å²) in [5, 5.41) is 9.93. The van der Waals surface area contributed by atoms with Crippen molar-refractivity contribution in [3.63, 3.8) is 0 Å². The van der Waals surface area contributed by atoms with Crippen LogP contribution in [0.15, 0.2) is 12.7 Å². The Bertz CT molecular complexity index is 738. The average molecular weight is 354 g/mol. The van der Waals surface area contributed by atoms with Crippen molar-refractivity contribution in [2.75, 3.05) is 12.3 Å². The first-order chi connectivity index (χ1) is 10.3. The Morgan fingerprint density at radius 3 is 2.87 bits per heavy atom. The Morgan fingerprint density at radius 1 is 1.43 bits per heavy atom. The molecule has 2 aromatic heterocycles. The van der Waals surface area contributed by atoms with E-state index in [-0.39, 0.29) is 41.8 Å². The zero-order valence-corrected chi connectivity index (χ0v) is 15.1. The number of hydrogen-bond acceptors (Lipinski definition) is 8. The number of ether oxygens (including phenoxy) is 1. The van der Waals surface area contributed by atoms with Gasteiger partial charge in [0.15, 0.2) is 11.5 Å². The summed E-state index contributed by atoms with van der Waals surface area (Å²) in [6.45, 7) is -0.425. The summed E-state index contributed by atoms with van der Waals surface area (Å²) >= 11 is 0. The van der Waals surface area contributed by atoms with E-state index in [9.17, 15) is 9.67 Å². The monoisotopic (exact) mass is 354 g/mol. The number of aliphatic hydroxyl groups is 1. The smallest absolute Gasteiger partial charge is 0.390 e. The Balaban J connectivity index is 0.00000192. The van der Waals surface area contributed by atoms with Crippen molar-refractivity contribution in [1.29, 1.82) is 0 Å². The minimum atomic E-state index is -4.62. The van der Waals surface area contributed by atoms with Crippen LogP contribution in [0.3, 0.4) is 0 Å². The number of rotatable bonds is 4. The van der Waals surface area contributed by atoms with E-state index < -0.39 is 32.9 Å². The van der Waals surface area contributed by atoms with Crippen molar-refractivity contribution >= 4 is 54.4 Å². The van der Waals surface area contributed by atoms with Crippen molar-refractivity contribution in [2.45, 2.75) is 24.9 Å². The van der Waals surface area contributed by atoms with Gasteiger partial charge in [0.25, 0.3) is 0 Å². The van der Waals surface area contributed by atoms with Gasteiger partial charge in [-0.2, -0.15) is 0 Å². The molecule has 2 aromatic rings. The van der Waals surface area contributed by atoms with E-state index in [0.29, 0.717) is 11.2 Å². The van der Waals surface area contributed by atoms with E-state index in [1.165, 1.54) is 12.7 Å². The van der Waals surface area contributed by atoms with Gasteiger partial charge in [0.1, 0.15) is 24.2 Å². The third-order valence-corrected chi connectivity index (χ3v) is 3.79. The first kappa shape index (κ1) is 18.7. The normalized spacial score (nSPS) is 24.7. The van der Waals surface area contributed by atoms with Crippen molar-refractivity contribution in [3.05, 3.63) is 12.7 Å². The topological polar surface area (TPSA) is 166 Å². The summed E-state index contributed by atoms with van der Waals surface area (Å²) in [5.74, 6) is 0.226. The number of hydrogen-bond donors (Lipinski definition) is 4. The largest absolute Gasteiger partial charge is 0.469 e. The molecule has 1 fully saturated rings. The Kier molecular flexibility index (Phi) is 5.77. The molecule has 0 spiro atoms. The first-order valence-electron chi connectivity index (χ1n) is 6.32. The van der Waals surface area contributed by atoms with Crippen LogP contribution in [0.25, 0.3) is 11.2 Å². The van der Waals surface area contributed by atoms with Gasteiger partial charge in [0, 0.05) is 36.0 Å². The van der Waals surface area contributed by atoms with Crippen LogP contribution in [0.1, 0.15) is 12.6 Å². The molecule has 1 saturated heterocycles. The molecule has 0 bridgehead atoms. The molecule has 1 radical (unpaired) electrons. The van der Waals surface area contributed by atoms with E-state index in [1.807, 2.05) is 0 Å². The molecule has 121 valence electrons. The molecule has 0 aromatic carbocycles. The zero-order valence-electron chi connectivity index (χ0n) is 12.2. The van der Waals surface area contributed by atoms with Gasteiger partial charge in [0.05, 0.1) is 19.0 Å². The minimum Gasteiger partial charge on any atom is -0.390 e. The van der Waals surface area contributed by atoms with E-state index in [0.717, 1.165) is 0 Å². The number of fused-ring (bicyclic) bond motifs is 1. The molecule has 0 saturated carbocycles. The standard InChI is InChI=1S/C10H14N5O6P.Na/c11-9-8-10(13-3-12-9)15(4-14-8)7-1-5(16)6(21-7)2-20-22(17,18)19;/h3-7,16H,1-2H2,(H2,11,12,13)(H2,17,18,19);. The zero-order chi connectivity index (χ0) is 15.9. The maximum atomic E-state index is 10.7. The number of nitrogens with zero attached hydrogens (tertiary/aromatic N) is 4. The summed E-state index contributed by atoms with van der Waals surface area (Å²) in [5.41, 5.74) is 6.55. The van der Waals surface area contributed by atoms with Gasteiger partial charge in [-0.25, -0.2) is 19.5 Å². The molecular weight excluding hydrogens is 340 g/mol. The number of aromatic nitrogens is 4. The van der Waals surface area contributed by atoms with E-state index in [4.69, 9.17) is 20.3 Å². The number of nitrogen functional groups attached to an aromatic ring is 1. The molecule has 1 aliphatic rings. The molecular formula is C10H14N5NaO6P. The number of nitrogens with two attached hydrogens (primary N) is 1. The number of aliphatic hydroxyl groups excluding tert-OH is 1. The van der Waals surface area contributed by atoms with Crippen LogP contribution in [-0.4, -0.2) is 82.8 Å². The first-order valence-corrected chi connectivity index (χ1v) is 7.85. The van der Waals surface area contributed by atoms with Crippen molar-refractivity contribution < 1.29 is 28.7 Å². The predicted molar refractivity (Wildman–Crippen MR) is 78.0 cm³/mol. The van der Waals surface area contributed by atoms with Gasteiger partial charge in [-0.1, -0.05) is 0 Å². The fraction of sp³-hybridized carbons (Fsp3) is 0.500. The van der Waals surface area contributed by atoms with Crippen LogP contribution < -0.4 is 5.73 Å². The van der Waals surface area contributed by atoms with Crippen LogP contribution in [0.4, 0.5) is 5.82 Å². The molecule has 23 heavy (non-hydrogen) atoms. The number of anilines is 1. The summed E-state index contributed by atoms with van der Waals surface area (Å²) in [7, 11) is -4.62. The summed E-state index contributed by atoms with van der Waals surface area (Å²) in [4.78, 5) is 29.4. The van der Waals surface area contributed by atoms with Gasteiger partial charge in [-0.05, 0) is 0 Å². The van der Waals surface area contributed by atoms with Crippen LogP contribution >= 0.6 is 7.82 Å². The molecule has 3 unspecified atom stereocenters. The third kappa shape index (κ3) is 4.08. The van der Waals surface area contributed by atoms with E-state index in [2.05, 4.69) is 19.5 Å². The molecule has 0 aliphatic carbocycles. The molecule has 11 nitrogen and oxygen atoms in total.